The molecule has 1 saturated carbocycles. The van der Waals surface area contributed by atoms with Crippen molar-refractivity contribution in [1.29, 1.82) is 0 Å². The number of ether oxygens (including phenoxy) is 2. The smallest absolute Gasteiger partial charge is 0.243 e. The minimum absolute atomic E-state index is 0.0278. The maximum Gasteiger partial charge on any atom is 0.243 e. The van der Waals surface area contributed by atoms with Gasteiger partial charge >= 0.3 is 0 Å². The number of rotatable bonds is 7. The van der Waals surface area contributed by atoms with Crippen LogP contribution in [0, 0.1) is 5.92 Å². The molecule has 3 rings (SSSR count). The van der Waals surface area contributed by atoms with Crippen LogP contribution in [0.4, 0.5) is 0 Å². The van der Waals surface area contributed by atoms with Crippen molar-refractivity contribution in [2.75, 3.05) is 14.2 Å². The third-order valence-electron chi connectivity index (χ3n) is 5.60. The molecule has 1 aliphatic carbocycles. The second-order valence-corrected chi connectivity index (χ2v) is 9.93. The summed E-state index contributed by atoms with van der Waals surface area (Å²) in [5.74, 6) is 1.84. The first kappa shape index (κ1) is 21.9. The zero-order chi connectivity index (χ0) is 21.0. The first-order valence-electron chi connectivity index (χ1n) is 9.83. The van der Waals surface area contributed by atoms with E-state index >= 15 is 0 Å². The minimum atomic E-state index is -3.67. The van der Waals surface area contributed by atoms with Crippen LogP contribution in [0.15, 0.2) is 47.4 Å². The Hall–Kier alpha value is -1.76. The first-order chi connectivity index (χ1) is 13.8. The highest BCUT2D eigenvalue weighted by Gasteiger charge is 2.33. The molecule has 0 amide bonds. The molecule has 0 bridgehead atoms. The van der Waals surface area contributed by atoms with Crippen molar-refractivity contribution >= 4 is 21.6 Å². The molecule has 1 aliphatic rings. The van der Waals surface area contributed by atoms with Crippen LogP contribution in [0.5, 0.6) is 11.5 Å². The van der Waals surface area contributed by atoms with Crippen LogP contribution in [0.3, 0.4) is 0 Å². The summed E-state index contributed by atoms with van der Waals surface area (Å²) < 4.78 is 39.4. The molecule has 2 aromatic carbocycles. The van der Waals surface area contributed by atoms with E-state index in [-0.39, 0.29) is 17.5 Å². The SMILES string of the molecule is COc1ccc(CN(C2CCC(C)CC2)S(=O)(=O)c2ccc(Cl)cc2)cc1OC. The Kier molecular flexibility index (Phi) is 7.09. The summed E-state index contributed by atoms with van der Waals surface area (Å²) in [5, 5.41) is 0.516. The normalized spacial score (nSPS) is 19.9. The van der Waals surface area contributed by atoms with Gasteiger partial charge in [-0.3, -0.25) is 0 Å². The van der Waals surface area contributed by atoms with Crippen molar-refractivity contribution in [3.05, 3.63) is 53.1 Å². The lowest BCUT2D eigenvalue weighted by atomic mass is 9.87. The topological polar surface area (TPSA) is 55.8 Å². The fourth-order valence-electron chi connectivity index (χ4n) is 3.84. The zero-order valence-corrected chi connectivity index (χ0v) is 18.7. The average Bonchev–Trinajstić information content (AvgIpc) is 2.72. The molecule has 0 saturated heterocycles. The van der Waals surface area contributed by atoms with E-state index in [1.54, 1.807) is 42.8 Å². The van der Waals surface area contributed by atoms with Gasteiger partial charge in [0.15, 0.2) is 11.5 Å². The van der Waals surface area contributed by atoms with Crippen molar-refractivity contribution in [1.82, 2.24) is 4.31 Å². The second-order valence-electron chi connectivity index (χ2n) is 7.61. The third-order valence-corrected chi connectivity index (χ3v) is 7.76. The molecule has 0 N–H and O–H groups in total. The molecule has 158 valence electrons. The molecule has 1 fully saturated rings. The Morgan fingerprint density at radius 3 is 2.17 bits per heavy atom. The molecular weight excluding hydrogens is 410 g/mol. The summed E-state index contributed by atoms with van der Waals surface area (Å²) in [7, 11) is -0.509. The largest absolute Gasteiger partial charge is 0.493 e. The van der Waals surface area contributed by atoms with Gasteiger partial charge in [0.2, 0.25) is 10.0 Å². The third kappa shape index (κ3) is 5.05. The van der Waals surface area contributed by atoms with Gasteiger partial charge in [0.25, 0.3) is 0 Å². The number of halogens is 1. The summed E-state index contributed by atoms with van der Waals surface area (Å²) in [6.45, 7) is 2.51. The lowest BCUT2D eigenvalue weighted by Crippen LogP contribution is -2.41. The van der Waals surface area contributed by atoms with Crippen molar-refractivity contribution in [3.63, 3.8) is 0 Å². The van der Waals surface area contributed by atoms with Crippen LogP contribution < -0.4 is 9.47 Å². The van der Waals surface area contributed by atoms with Gasteiger partial charge in [-0.1, -0.05) is 24.6 Å². The molecule has 7 heteroatoms. The summed E-state index contributed by atoms with van der Waals surface area (Å²) in [4.78, 5) is 0.265. The first-order valence-corrected chi connectivity index (χ1v) is 11.6. The van der Waals surface area contributed by atoms with Crippen LogP contribution in [0.2, 0.25) is 5.02 Å². The van der Waals surface area contributed by atoms with Gasteiger partial charge in [0.1, 0.15) is 0 Å². The van der Waals surface area contributed by atoms with Gasteiger partial charge in [0, 0.05) is 17.6 Å². The fraction of sp³-hybridized carbons (Fsp3) is 0.455. The van der Waals surface area contributed by atoms with Crippen LogP contribution in [-0.2, 0) is 16.6 Å². The van der Waals surface area contributed by atoms with Crippen molar-refractivity contribution in [2.45, 2.75) is 50.1 Å². The van der Waals surface area contributed by atoms with E-state index in [4.69, 9.17) is 21.1 Å². The lowest BCUT2D eigenvalue weighted by Gasteiger charge is -2.35. The molecule has 29 heavy (non-hydrogen) atoms. The van der Waals surface area contributed by atoms with E-state index in [0.717, 1.165) is 31.2 Å². The van der Waals surface area contributed by atoms with Crippen LogP contribution in [0.25, 0.3) is 0 Å². The van der Waals surface area contributed by atoms with E-state index in [1.807, 2.05) is 18.2 Å². The molecule has 0 atom stereocenters. The van der Waals surface area contributed by atoms with E-state index in [1.165, 1.54) is 0 Å². The molecular formula is C22H28ClNO4S. The van der Waals surface area contributed by atoms with Crippen molar-refractivity contribution in [2.24, 2.45) is 5.92 Å². The molecule has 0 aliphatic heterocycles. The molecule has 5 nitrogen and oxygen atoms in total. The quantitative estimate of drug-likeness (QED) is 0.602. The molecule has 0 spiro atoms. The lowest BCUT2D eigenvalue weighted by molar-refractivity contribution is 0.217. The maximum atomic E-state index is 13.5. The number of nitrogens with zero attached hydrogens (tertiary/aromatic N) is 1. The molecule has 0 aromatic heterocycles. The molecule has 0 heterocycles. The predicted molar refractivity (Wildman–Crippen MR) is 115 cm³/mol. The number of benzene rings is 2. The highest BCUT2D eigenvalue weighted by molar-refractivity contribution is 7.89. The van der Waals surface area contributed by atoms with Crippen LogP contribution in [0.1, 0.15) is 38.2 Å². The number of sulfonamides is 1. The van der Waals surface area contributed by atoms with E-state index in [9.17, 15) is 8.42 Å². The Balaban J connectivity index is 1.96. The Labute approximate surface area is 178 Å². The number of hydrogen-bond donors (Lipinski definition) is 0. The van der Waals surface area contributed by atoms with Gasteiger partial charge in [-0.25, -0.2) is 8.42 Å². The van der Waals surface area contributed by atoms with Crippen LogP contribution >= 0.6 is 11.6 Å². The van der Waals surface area contributed by atoms with Crippen molar-refractivity contribution < 1.29 is 17.9 Å². The van der Waals surface area contributed by atoms with E-state index in [0.29, 0.717) is 22.4 Å². The van der Waals surface area contributed by atoms with Gasteiger partial charge < -0.3 is 9.47 Å². The Morgan fingerprint density at radius 2 is 1.59 bits per heavy atom. The summed E-state index contributed by atoms with van der Waals surface area (Å²) in [6, 6.07) is 11.9. The standard InChI is InChI=1S/C22H28ClNO4S/c1-16-4-9-19(10-5-16)24(29(25,26)20-11-7-18(23)8-12-20)15-17-6-13-21(27-2)22(14-17)28-3/h6-8,11-14,16,19H,4-5,9-10,15H2,1-3H3. The summed E-state index contributed by atoms with van der Waals surface area (Å²) >= 11 is 5.96. The van der Waals surface area contributed by atoms with Gasteiger partial charge in [-0.15, -0.1) is 0 Å². The number of hydrogen-bond acceptors (Lipinski definition) is 4. The maximum absolute atomic E-state index is 13.5. The van der Waals surface area contributed by atoms with Crippen molar-refractivity contribution in [3.8, 4) is 11.5 Å². The van der Waals surface area contributed by atoms with Crippen LogP contribution in [-0.4, -0.2) is 33.0 Å². The minimum Gasteiger partial charge on any atom is -0.493 e. The summed E-state index contributed by atoms with van der Waals surface area (Å²) in [5.41, 5.74) is 0.860. The highest BCUT2D eigenvalue weighted by atomic mass is 35.5. The summed E-state index contributed by atoms with van der Waals surface area (Å²) in [6.07, 6.45) is 3.79. The fourth-order valence-corrected chi connectivity index (χ4v) is 5.64. The van der Waals surface area contributed by atoms with Gasteiger partial charge in [-0.2, -0.15) is 4.31 Å². The molecule has 2 aromatic rings. The van der Waals surface area contributed by atoms with Gasteiger partial charge in [0.05, 0.1) is 19.1 Å². The molecule has 0 unspecified atom stereocenters. The Morgan fingerprint density at radius 1 is 0.966 bits per heavy atom. The highest BCUT2D eigenvalue weighted by Crippen LogP contribution is 2.34. The number of methoxy groups -OCH3 is 2. The monoisotopic (exact) mass is 437 g/mol. The zero-order valence-electron chi connectivity index (χ0n) is 17.1. The van der Waals surface area contributed by atoms with E-state index in [2.05, 4.69) is 6.92 Å². The second kappa shape index (κ2) is 9.37. The average molecular weight is 438 g/mol. The Bertz CT molecular complexity index is 922. The van der Waals surface area contributed by atoms with Gasteiger partial charge in [-0.05, 0) is 73.6 Å². The van der Waals surface area contributed by atoms with E-state index < -0.39 is 10.0 Å². The molecule has 0 radical (unpaired) electrons. The predicted octanol–water partition coefficient (Wildman–Crippen LogP) is 5.13.